The largest absolute Gasteiger partial charge is 0.382 e. The van der Waals surface area contributed by atoms with Crippen LogP contribution in [0.15, 0.2) is 24.3 Å². The molecule has 17 heavy (non-hydrogen) atoms. The SMILES string of the molecule is CCOCCCNC(=O)Nc1cccc(C)c1. The van der Waals surface area contributed by atoms with Gasteiger partial charge in [-0.25, -0.2) is 4.79 Å². The van der Waals surface area contributed by atoms with Gasteiger partial charge in [0.15, 0.2) is 0 Å². The summed E-state index contributed by atoms with van der Waals surface area (Å²) in [6.07, 6.45) is 0.828. The first-order valence-corrected chi connectivity index (χ1v) is 5.91. The molecule has 0 aromatic heterocycles. The first-order valence-electron chi connectivity index (χ1n) is 5.91. The quantitative estimate of drug-likeness (QED) is 0.746. The molecule has 1 aromatic rings. The first kappa shape index (κ1) is 13.5. The van der Waals surface area contributed by atoms with Gasteiger partial charge in [-0.2, -0.15) is 0 Å². The van der Waals surface area contributed by atoms with Crippen LogP contribution in [0.3, 0.4) is 0 Å². The smallest absolute Gasteiger partial charge is 0.319 e. The van der Waals surface area contributed by atoms with Gasteiger partial charge in [-0.1, -0.05) is 12.1 Å². The van der Waals surface area contributed by atoms with Crippen molar-refractivity contribution >= 4 is 11.7 Å². The van der Waals surface area contributed by atoms with Crippen LogP contribution < -0.4 is 10.6 Å². The molecule has 1 aromatic carbocycles. The van der Waals surface area contributed by atoms with Crippen molar-refractivity contribution in [3.8, 4) is 0 Å². The number of hydrogen-bond donors (Lipinski definition) is 2. The van der Waals surface area contributed by atoms with Gasteiger partial charge in [0.1, 0.15) is 0 Å². The fourth-order valence-corrected chi connectivity index (χ4v) is 1.42. The van der Waals surface area contributed by atoms with E-state index in [2.05, 4.69) is 10.6 Å². The van der Waals surface area contributed by atoms with Crippen molar-refractivity contribution in [2.24, 2.45) is 0 Å². The van der Waals surface area contributed by atoms with Crippen LogP contribution in [0.25, 0.3) is 0 Å². The summed E-state index contributed by atoms with van der Waals surface area (Å²) in [4.78, 5) is 11.5. The predicted molar refractivity (Wildman–Crippen MR) is 69.3 cm³/mol. The fourth-order valence-electron chi connectivity index (χ4n) is 1.42. The Hall–Kier alpha value is -1.55. The molecule has 0 saturated carbocycles. The Balaban J connectivity index is 2.21. The van der Waals surface area contributed by atoms with Crippen molar-refractivity contribution in [1.82, 2.24) is 5.32 Å². The van der Waals surface area contributed by atoms with Crippen molar-refractivity contribution in [2.45, 2.75) is 20.3 Å². The number of ether oxygens (including phenoxy) is 1. The van der Waals surface area contributed by atoms with Crippen LogP contribution in [-0.4, -0.2) is 25.8 Å². The molecule has 0 aliphatic carbocycles. The third-order valence-corrected chi connectivity index (χ3v) is 2.23. The second kappa shape index (κ2) is 7.68. The number of carbonyl (C=O) groups excluding carboxylic acids is 1. The van der Waals surface area contributed by atoms with Crippen molar-refractivity contribution in [3.63, 3.8) is 0 Å². The lowest BCUT2D eigenvalue weighted by Gasteiger charge is -2.08. The molecule has 2 N–H and O–H groups in total. The Morgan fingerprint density at radius 1 is 1.41 bits per heavy atom. The van der Waals surface area contributed by atoms with Crippen molar-refractivity contribution in [3.05, 3.63) is 29.8 Å². The molecule has 1 rings (SSSR count). The molecular formula is C13H20N2O2. The van der Waals surface area contributed by atoms with E-state index >= 15 is 0 Å². The van der Waals surface area contributed by atoms with E-state index < -0.39 is 0 Å². The molecule has 0 heterocycles. The zero-order valence-corrected chi connectivity index (χ0v) is 10.5. The van der Waals surface area contributed by atoms with Crippen LogP contribution in [0.2, 0.25) is 0 Å². The highest BCUT2D eigenvalue weighted by Crippen LogP contribution is 2.08. The predicted octanol–water partition coefficient (Wildman–Crippen LogP) is 2.54. The second-order valence-corrected chi connectivity index (χ2v) is 3.80. The number of urea groups is 1. The highest BCUT2D eigenvalue weighted by atomic mass is 16.5. The summed E-state index contributed by atoms with van der Waals surface area (Å²) in [6.45, 7) is 5.97. The standard InChI is InChI=1S/C13H20N2O2/c1-3-17-9-5-8-14-13(16)15-12-7-4-6-11(2)10-12/h4,6-7,10H,3,5,8-9H2,1-2H3,(H2,14,15,16). The fraction of sp³-hybridized carbons (Fsp3) is 0.462. The molecule has 0 saturated heterocycles. The molecule has 2 amide bonds. The van der Waals surface area contributed by atoms with E-state index in [0.29, 0.717) is 13.2 Å². The number of nitrogens with one attached hydrogen (secondary N) is 2. The van der Waals surface area contributed by atoms with Crippen LogP contribution in [-0.2, 0) is 4.74 Å². The van der Waals surface area contributed by atoms with E-state index in [-0.39, 0.29) is 6.03 Å². The number of anilines is 1. The van der Waals surface area contributed by atoms with Gasteiger partial charge in [0.05, 0.1) is 0 Å². The molecule has 0 spiro atoms. The molecular weight excluding hydrogens is 216 g/mol. The molecule has 0 unspecified atom stereocenters. The summed E-state index contributed by atoms with van der Waals surface area (Å²) in [7, 11) is 0. The van der Waals surface area contributed by atoms with Crippen molar-refractivity contribution in [1.29, 1.82) is 0 Å². The van der Waals surface area contributed by atoms with E-state index in [1.807, 2.05) is 38.1 Å². The summed E-state index contributed by atoms with van der Waals surface area (Å²) in [5.74, 6) is 0. The molecule has 0 fully saturated rings. The Kier molecular flexibility index (Phi) is 6.10. The summed E-state index contributed by atoms with van der Waals surface area (Å²) < 4.78 is 5.18. The summed E-state index contributed by atoms with van der Waals surface area (Å²) >= 11 is 0. The van der Waals surface area contributed by atoms with Gasteiger partial charge in [-0.15, -0.1) is 0 Å². The monoisotopic (exact) mass is 236 g/mol. The normalized spacial score (nSPS) is 10.0. The summed E-state index contributed by atoms with van der Waals surface area (Å²) in [5.41, 5.74) is 1.94. The minimum Gasteiger partial charge on any atom is -0.382 e. The molecule has 0 aliphatic heterocycles. The molecule has 0 radical (unpaired) electrons. The maximum atomic E-state index is 11.5. The summed E-state index contributed by atoms with van der Waals surface area (Å²) in [6, 6.07) is 7.53. The summed E-state index contributed by atoms with van der Waals surface area (Å²) in [5, 5.41) is 5.56. The molecule has 0 bridgehead atoms. The lowest BCUT2D eigenvalue weighted by atomic mass is 10.2. The average molecular weight is 236 g/mol. The molecule has 4 nitrogen and oxygen atoms in total. The van der Waals surface area contributed by atoms with Gasteiger partial charge < -0.3 is 15.4 Å². The average Bonchev–Trinajstić information content (AvgIpc) is 2.29. The lowest BCUT2D eigenvalue weighted by Crippen LogP contribution is -2.30. The molecule has 94 valence electrons. The van der Waals surface area contributed by atoms with Crippen LogP contribution in [0.5, 0.6) is 0 Å². The van der Waals surface area contributed by atoms with Gasteiger partial charge in [0, 0.05) is 25.4 Å². The van der Waals surface area contributed by atoms with Gasteiger partial charge in [0.25, 0.3) is 0 Å². The topological polar surface area (TPSA) is 50.4 Å². The third kappa shape index (κ3) is 5.92. The molecule has 0 atom stereocenters. The lowest BCUT2D eigenvalue weighted by molar-refractivity contribution is 0.145. The Bertz CT molecular complexity index is 353. The second-order valence-electron chi connectivity index (χ2n) is 3.80. The number of aryl methyl sites for hydroxylation is 1. The number of benzene rings is 1. The van der Waals surface area contributed by atoms with E-state index in [9.17, 15) is 4.79 Å². The van der Waals surface area contributed by atoms with E-state index in [1.54, 1.807) is 0 Å². The van der Waals surface area contributed by atoms with Crippen molar-refractivity contribution < 1.29 is 9.53 Å². The van der Waals surface area contributed by atoms with E-state index in [1.165, 1.54) is 0 Å². The van der Waals surface area contributed by atoms with E-state index in [4.69, 9.17) is 4.74 Å². The van der Waals surface area contributed by atoms with Gasteiger partial charge in [-0.3, -0.25) is 0 Å². The highest BCUT2D eigenvalue weighted by Gasteiger charge is 2.00. The number of carbonyl (C=O) groups is 1. The Labute approximate surface area is 102 Å². The van der Waals surface area contributed by atoms with Crippen LogP contribution >= 0.6 is 0 Å². The van der Waals surface area contributed by atoms with Gasteiger partial charge in [-0.05, 0) is 38.0 Å². The third-order valence-electron chi connectivity index (χ3n) is 2.23. The maximum Gasteiger partial charge on any atom is 0.319 e. The van der Waals surface area contributed by atoms with Crippen LogP contribution in [0, 0.1) is 6.92 Å². The zero-order chi connectivity index (χ0) is 12.5. The van der Waals surface area contributed by atoms with Crippen molar-refractivity contribution in [2.75, 3.05) is 25.1 Å². The zero-order valence-electron chi connectivity index (χ0n) is 10.5. The number of hydrogen-bond acceptors (Lipinski definition) is 2. The maximum absolute atomic E-state index is 11.5. The number of amides is 2. The minimum absolute atomic E-state index is 0.174. The van der Waals surface area contributed by atoms with Gasteiger partial charge >= 0.3 is 6.03 Å². The molecule has 4 heteroatoms. The van der Waals surface area contributed by atoms with Gasteiger partial charge in [0.2, 0.25) is 0 Å². The van der Waals surface area contributed by atoms with Crippen LogP contribution in [0.1, 0.15) is 18.9 Å². The minimum atomic E-state index is -0.174. The first-order chi connectivity index (χ1) is 8.22. The van der Waals surface area contributed by atoms with E-state index in [0.717, 1.165) is 24.3 Å². The molecule has 0 aliphatic rings. The Morgan fingerprint density at radius 3 is 2.94 bits per heavy atom. The van der Waals surface area contributed by atoms with Crippen LogP contribution in [0.4, 0.5) is 10.5 Å². The highest BCUT2D eigenvalue weighted by molar-refractivity contribution is 5.89. The number of rotatable bonds is 6. The Morgan fingerprint density at radius 2 is 2.24 bits per heavy atom.